The van der Waals surface area contributed by atoms with Crippen molar-refractivity contribution in [1.29, 1.82) is 0 Å². The Bertz CT molecular complexity index is 429. The van der Waals surface area contributed by atoms with Gasteiger partial charge in [-0.1, -0.05) is 0 Å². The summed E-state index contributed by atoms with van der Waals surface area (Å²) in [6, 6.07) is 2.73. The predicted molar refractivity (Wildman–Crippen MR) is 67.5 cm³/mol. The minimum absolute atomic E-state index is 0.192. The van der Waals surface area contributed by atoms with E-state index in [1.165, 1.54) is 31.2 Å². The van der Waals surface area contributed by atoms with E-state index in [0.29, 0.717) is 18.0 Å². The molecule has 1 aliphatic heterocycles. The van der Waals surface area contributed by atoms with Gasteiger partial charge in [0.1, 0.15) is 6.26 Å². The lowest BCUT2D eigenvalue weighted by molar-refractivity contribution is 0.0948. The molecule has 1 atom stereocenters. The molecular formula is C13H18N2O3. The van der Waals surface area contributed by atoms with E-state index in [-0.39, 0.29) is 5.91 Å². The molecule has 1 aromatic heterocycles. The summed E-state index contributed by atoms with van der Waals surface area (Å²) >= 11 is 0. The van der Waals surface area contributed by atoms with Crippen LogP contribution in [0.15, 0.2) is 27.6 Å². The highest BCUT2D eigenvalue weighted by Crippen LogP contribution is 2.12. The zero-order valence-corrected chi connectivity index (χ0v) is 10.3. The quantitative estimate of drug-likeness (QED) is 0.827. The van der Waals surface area contributed by atoms with Gasteiger partial charge in [-0.3, -0.25) is 4.79 Å². The van der Waals surface area contributed by atoms with Crippen molar-refractivity contribution in [2.75, 3.05) is 19.6 Å². The van der Waals surface area contributed by atoms with Crippen LogP contribution in [0.1, 0.15) is 29.6 Å². The zero-order valence-electron chi connectivity index (χ0n) is 10.3. The summed E-state index contributed by atoms with van der Waals surface area (Å²) in [4.78, 5) is 22.5. The normalized spacial score (nSPS) is 19.4. The van der Waals surface area contributed by atoms with E-state index in [2.05, 4.69) is 15.1 Å². The summed E-state index contributed by atoms with van der Waals surface area (Å²) in [7, 11) is 0. The minimum atomic E-state index is -0.445. The SMILES string of the molecule is O=C(NCCC1CCCNC1)c1ccc(=O)oc1. The molecule has 5 heteroatoms. The van der Waals surface area contributed by atoms with Crippen molar-refractivity contribution in [1.82, 2.24) is 10.6 Å². The Morgan fingerprint density at radius 1 is 1.50 bits per heavy atom. The lowest BCUT2D eigenvalue weighted by Gasteiger charge is -2.22. The zero-order chi connectivity index (χ0) is 12.8. The summed E-state index contributed by atoms with van der Waals surface area (Å²) in [6.45, 7) is 2.80. The minimum Gasteiger partial charge on any atom is -0.430 e. The molecule has 0 saturated carbocycles. The van der Waals surface area contributed by atoms with Crippen LogP contribution in [0.4, 0.5) is 0 Å². The van der Waals surface area contributed by atoms with Gasteiger partial charge < -0.3 is 15.1 Å². The second kappa shape index (κ2) is 6.35. The average Bonchev–Trinajstić information content (AvgIpc) is 2.40. The molecule has 0 aliphatic carbocycles. The Labute approximate surface area is 106 Å². The Morgan fingerprint density at radius 2 is 2.39 bits per heavy atom. The number of hydrogen-bond acceptors (Lipinski definition) is 4. The van der Waals surface area contributed by atoms with Crippen molar-refractivity contribution < 1.29 is 9.21 Å². The number of hydrogen-bond donors (Lipinski definition) is 2. The molecule has 1 unspecified atom stereocenters. The molecule has 1 saturated heterocycles. The van der Waals surface area contributed by atoms with Gasteiger partial charge >= 0.3 is 5.63 Å². The first-order chi connectivity index (χ1) is 8.75. The number of piperidine rings is 1. The fraction of sp³-hybridized carbons (Fsp3) is 0.538. The van der Waals surface area contributed by atoms with E-state index in [0.717, 1.165) is 19.5 Å². The first-order valence-electron chi connectivity index (χ1n) is 6.33. The van der Waals surface area contributed by atoms with Gasteiger partial charge in [0.15, 0.2) is 0 Å². The van der Waals surface area contributed by atoms with E-state index < -0.39 is 5.63 Å². The second-order valence-electron chi connectivity index (χ2n) is 4.60. The van der Waals surface area contributed by atoms with E-state index >= 15 is 0 Å². The molecule has 1 aromatic rings. The van der Waals surface area contributed by atoms with Crippen LogP contribution in [0, 0.1) is 5.92 Å². The van der Waals surface area contributed by atoms with Gasteiger partial charge in [0.25, 0.3) is 5.91 Å². The lowest BCUT2D eigenvalue weighted by Crippen LogP contribution is -2.33. The summed E-state index contributed by atoms with van der Waals surface area (Å²) in [5.41, 5.74) is -0.0591. The summed E-state index contributed by atoms with van der Waals surface area (Å²) in [6.07, 6.45) is 4.61. The van der Waals surface area contributed by atoms with Gasteiger partial charge in [0.2, 0.25) is 0 Å². The molecule has 0 bridgehead atoms. The molecule has 1 fully saturated rings. The van der Waals surface area contributed by atoms with Crippen LogP contribution < -0.4 is 16.3 Å². The van der Waals surface area contributed by atoms with E-state index in [1.807, 2.05) is 0 Å². The molecule has 2 N–H and O–H groups in total. The first kappa shape index (κ1) is 12.8. The molecule has 5 nitrogen and oxygen atoms in total. The van der Waals surface area contributed by atoms with Crippen molar-refractivity contribution in [3.63, 3.8) is 0 Å². The highest BCUT2D eigenvalue weighted by Gasteiger charge is 2.13. The lowest BCUT2D eigenvalue weighted by atomic mass is 9.96. The maximum atomic E-state index is 11.7. The first-order valence-corrected chi connectivity index (χ1v) is 6.33. The molecule has 1 amide bonds. The van der Waals surface area contributed by atoms with Gasteiger partial charge in [-0.05, 0) is 44.3 Å². The molecule has 0 radical (unpaired) electrons. The van der Waals surface area contributed by atoms with Crippen molar-refractivity contribution >= 4 is 5.91 Å². The molecule has 0 aromatic carbocycles. The van der Waals surface area contributed by atoms with E-state index in [1.54, 1.807) is 0 Å². The van der Waals surface area contributed by atoms with Crippen LogP contribution in [0.25, 0.3) is 0 Å². The van der Waals surface area contributed by atoms with Crippen LogP contribution in [0.5, 0.6) is 0 Å². The Morgan fingerprint density at radius 3 is 3.06 bits per heavy atom. The molecule has 18 heavy (non-hydrogen) atoms. The second-order valence-corrected chi connectivity index (χ2v) is 4.60. The molecule has 98 valence electrons. The van der Waals surface area contributed by atoms with Gasteiger partial charge in [-0.15, -0.1) is 0 Å². The third-order valence-corrected chi connectivity index (χ3v) is 3.20. The van der Waals surface area contributed by atoms with Gasteiger partial charge in [0.05, 0.1) is 5.56 Å². The predicted octanol–water partition coefficient (Wildman–Crippen LogP) is 0.759. The van der Waals surface area contributed by atoms with Gasteiger partial charge in [-0.25, -0.2) is 4.79 Å². The summed E-state index contributed by atoms with van der Waals surface area (Å²) in [5, 5.41) is 6.19. The van der Waals surface area contributed by atoms with Gasteiger partial charge in [0, 0.05) is 12.6 Å². The van der Waals surface area contributed by atoms with Crippen LogP contribution in [-0.4, -0.2) is 25.5 Å². The summed E-state index contributed by atoms with van der Waals surface area (Å²) in [5.74, 6) is 0.454. The number of amides is 1. The fourth-order valence-corrected chi connectivity index (χ4v) is 2.15. The molecule has 2 rings (SSSR count). The Hall–Kier alpha value is -1.62. The third kappa shape index (κ3) is 3.70. The molecular weight excluding hydrogens is 232 g/mol. The Balaban J connectivity index is 1.74. The van der Waals surface area contributed by atoms with E-state index in [4.69, 9.17) is 0 Å². The van der Waals surface area contributed by atoms with Crippen LogP contribution in [0.2, 0.25) is 0 Å². The largest absolute Gasteiger partial charge is 0.430 e. The monoisotopic (exact) mass is 250 g/mol. The van der Waals surface area contributed by atoms with Crippen LogP contribution >= 0.6 is 0 Å². The average molecular weight is 250 g/mol. The Kier molecular flexibility index (Phi) is 4.52. The maximum absolute atomic E-state index is 11.7. The standard InChI is InChI=1S/C13H18N2O3/c16-12-4-3-11(9-18-12)13(17)15-7-5-10-2-1-6-14-8-10/h3-4,9-10,14H,1-2,5-8H2,(H,15,17). The van der Waals surface area contributed by atoms with Crippen molar-refractivity contribution in [3.05, 3.63) is 34.4 Å². The number of carbonyl (C=O) groups is 1. The smallest absolute Gasteiger partial charge is 0.335 e. The third-order valence-electron chi connectivity index (χ3n) is 3.20. The highest BCUT2D eigenvalue weighted by molar-refractivity contribution is 5.93. The van der Waals surface area contributed by atoms with E-state index in [9.17, 15) is 9.59 Å². The van der Waals surface area contributed by atoms with Crippen LogP contribution in [-0.2, 0) is 0 Å². The van der Waals surface area contributed by atoms with Crippen LogP contribution in [0.3, 0.4) is 0 Å². The maximum Gasteiger partial charge on any atom is 0.335 e. The fourth-order valence-electron chi connectivity index (χ4n) is 2.15. The molecule has 1 aliphatic rings. The molecule has 2 heterocycles. The van der Waals surface area contributed by atoms with Crippen molar-refractivity contribution in [2.45, 2.75) is 19.3 Å². The molecule has 0 spiro atoms. The van der Waals surface area contributed by atoms with Crippen molar-refractivity contribution in [2.24, 2.45) is 5.92 Å². The number of nitrogens with one attached hydrogen (secondary N) is 2. The van der Waals surface area contributed by atoms with Crippen molar-refractivity contribution in [3.8, 4) is 0 Å². The highest BCUT2D eigenvalue weighted by atomic mass is 16.4. The van der Waals surface area contributed by atoms with Gasteiger partial charge in [-0.2, -0.15) is 0 Å². The summed E-state index contributed by atoms with van der Waals surface area (Å²) < 4.78 is 4.65. The topological polar surface area (TPSA) is 71.3 Å². The number of rotatable bonds is 4. The number of carbonyl (C=O) groups excluding carboxylic acids is 1.